The number of carboxylic acid groups (broad SMARTS) is 1. The Morgan fingerprint density at radius 1 is 1.64 bits per heavy atom. The number of hydrogen-bond donors (Lipinski definition) is 1. The lowest BCUT2D eigenvalue weighted by molar-refractivity contribution is -0.138. The molecule has 0 aliphatic carbocycles. The van der Waals surface area contributed by atoms with E-state index in [-0.39, 0.29) is 0 Å². The fourth-order valence-electron chi connectivity index (χ4n) is 1.45. The van der Waals surface area contributed by atoms with Crippen molar-refractivity contribution in [1.82, 2.24) is 14.8 Å². The van der Waals surface area contributed by atoms with Crippen LogP contribution in [0.4, 0.5) is 0 Å². The molecule has 0 bridgehead atoms. The maximum Gasteiger partial charge on any atom is 0.313 e. The number of rotatable bonds is 2. The van der Waals surface area contributed by atoms with Gasteiger partial charge in [0, 0.05) is 6.54 Å². The van der Waals surface area contributed by atoms with E-state index in [0.29, 0.717) is 31.4 Å². The van der Waals surface area contributed by atoms with Gasteiger partial charge >= 0.3 is 5.97 Å². The van der Waals surface area contributed by atoms with Crippen LogP contribution in [-0.4, -0.2) is 32.4 Å². The van der Waals surface area contributed by atoms with Gasteiger partial charge in [-0.25, -0.2) is 0 Å². The average Bonchev–Trinajstić information content (AvgIpc) is 2.60. The van der Waals surface area contributed by atoms with E-state index in [1.54, 1.807) is 6.92 Å². The first kappa shape index (κ1) is 9.14. The molecule has 1 unspecified atom stereocenters. The highest BCUT2D eigenvalue weighted by atomic mass is 16.5. The monoisotopic (exact) mass is 197 g/mol. The van der Waals surface area contributed by atoms with Crippen LogP contribution in [-0.2, 0) is 22.7 Å². The van der Waals surface area contributed by atoms with Crippen molar-refractivity contribution in [2.24, 2.45) is 0 Å². The minimum absolute atomic E-state index is 0.416. The van der Waals surface area contributed by atoms with E-state index < -0.39 is 11.9 Å². The average molecular weight is 197 g/mol. The standard InChI is InChI=1S/C8H11N3O3/c1-5(8(12)13)7-10-9-6-4-14-3-2-11(6)7/h5H,2-4H2,1H3,(H,12,13). The number of carbonyl (C=O) groups is 1. The lowest BCUT2D eigenvalue weighted by Crippen LogP contribution is -2.21. The molecule has 1 atom stereocenters. The highest BCUT2D eigenvalue weighted by Gasteiger charge is 2.24. The summed E-state index contributed by atoms with van der Waals surface area (Å²) in [6, 6.07) is 0. The van der Waals surface area contributed by atoms with Crippen molar-refractivity contribution in [3.63, 3.8) is 0 Å². The second-order valence-electron chi connectivity index (χ2n) is 3.24. The van der Waals surface area contributed by atoms with Gasteiger partial charge in [0.25, 0.3) is 0 Å². The van der Waals surface area contributed by atoms with Crippen LogP contribution in [0.2, 0.25) is 0 Å². The number of nitrogens with zero attached hydrogens (tertiary/aromatic N) is 3. The van der Waals surface area contributed by atoms with Crippen molar-refractivity contribution >= 4 is 5.97 Å². The third kappa shape index (κ3) is 1.37. The number of carboxylic acids is 1. The molecular formula is C8H11N3O3. The molecule has 0 spiro atoms. The van der Waals surface area contributed by atoms with Gasteiger partial charge in [-0.1, -0.05) is 0 Å². The van der Waals surface area contributed by atoms with Gasteiger partial charge in [-0.05, 0) is 6.92 Å². The fraction of sp³-hybridized carbons (Fsp3) is 0.625. The summed E-state index contributed by atoms with van der Waals surface area (Å²) in [4.78, 5) is 10.8. The molecule has 0 amide bonds. The van der Waals surface area contributed by atoms with E-state index in [4.69, 9.17) is 9.84 Å². The van der Waals surface area contributed by atoms with Crippen molar-refractivity contribution in [3.8, 4) is 0 Å². The molecule has 1 aromatic rings. The molecule has 2 heterocycles. The number of hydrogen-bond acceptors (Lipinski definition) is 4. The lowest BCUT2D eigenvalue weighted by atomic mass is 10.1. The number of ether oxygens (including phenoxy) is 1. The first-order valence-electron chi connectivity index (χ1n) is 4.42. The maximum atomic E-state index is 10.8. The highest BCUT2D eigenvalue weighted by Crippen LogP contribution is 2.17. The largest absolute Gasteiger partial charge is 0.481 e. The number of aliphatic carboxylic acids is 1. The molecule has 6 heteroatoms. The molecule has 0 fully saturated rings. The summed E-state index contributed by atoms with van der Waals surface area (Å²) in [5.74, 6) is -0.281. The van der Waals surface area contributed by atoms with Crippen LogP contribution in [0.15, 0.2) is 0 Å². The minimum Gasteiger partial charge on any atom is -0.481 e. The van der Waals surface area contributed by atoms with Crippen LogP contribution in [0.3, 0.4) is 0 Å². The van der Waals surface area contributed by atoms with E-state index >= 15 is 0 Å². The first-order chi connectivity index (χ1) is 6.70. The smallest absolute Gasteiger partial charge is 0.313 e. The van der Waals surface area contributed by atoms with E-state index in [1.165, 1.54) is 0 Å². The molecule has 0 saturated carbocycles. The molecular weight excluding hydrogens is 186 g/mol. The van der Waals surface area contributed by atoms with Gasteiger partial charge in [-0.3, -0.25) is 4.79 Å². The van der Waals surface area contributed by atoms with Crippen LogP contribution in [0.5, 0.6) is 0 Å². The Kier molecular flexibility index (Phi) is 2.20. The van der Waals surface area contributed by atoms with Gasteiger partial charge in [-0.15, -0.1) is 10.2 Å². The fourth-order valence-corrected chi connectivity index (χ4v) is 1.45. The van der Waals surface area contributed by atoms with Crippen molar-refractivity contribution in [1.29, 1.82) is 0 Å². The second kappa shape index (κ2) is 3.38. The Hall–Kier alpha value is -1.43. The molecule has 0 radical (unpaired) electrons. The summed E-state index contributed by atoms with van der Waals surface area (Å²) in [5.41, 5.74) is 0. The quantitative estimate of drug-likeness (QED) is 0.721. The first-order valence-corrected chi connectivity index (χ1v) is 4.42. The van der Waals surface area contributed by atoms with E-state index in [0.717, 1.165) is 0 Å². The summed E-state index contributed by atoms with van der Waals surface area (Å²) in [7, 11) is 0. The Morgan fingerprint density at radius 3 is 3.14 bits per heavy atom. The predicted molar refractivity (Wildman–Crippen MR) is 45.7 cm³/mol. The Morgan fingerprint density at radius 2 is 2.43 bits per heavy atom. The zero-order valence-corrected chi connectivity index (χ0v) is 7.80. The molecule has 0 aromatic carbocycles. The van der Waals surface area contributed by atoms with Crippen LogP contribution in [0.1, 0.15) is 24.5 Å². The molecule has 14 heavy (non-hydrogen) atoms. The molecule has 1 aliphatic rings. The molecule has 1 aliphatic heterocycles. The zero-order chi connectivity index (χ0) is 10.1. The SMILES string of the molecule is CC(C(=O)O)c1nnc2n1CCOC2. The van der Waals surface area contributed by atoms with Crippen LogP contribution in [0.25, 0.3) is 0 Å². The molecule has 6 nitrogen and oxygen atoms in total. The van der Waals surface area contributed by atoms with Crippen LogP contribution in [0, 0.1) is 0 Å². The summed E-state index contributed by atoms with van der Waals surface area (Å²) >= 11 is 0. The van der Waals surface area contributed by atoms with Gasteiger partial charge < -0.3 is 14.4 Å². The third-order valence-corrected chi connectivity index (χ3v) is 2.30. The van der Waals surface area contributed by atoms with Crippen molar-refractivity contribution in [3.05, 3.63) is 11.6 Å². The van der Waals surface area contributed by atoms with Gasteiger partial charge in [-0.2, -0.15) is 0 Å². The predicted octanol–water partition coefficient (Wildman–Crippen LogP) is -0.00360. The third-order valence-electron chi connectivity index (χ3n) is 2.30. The summed E-state index contributed by atoms with van der Waals surface area (Å²) < 4.78 is 7.00. The number of aromatic nitrogens is 3. The van der Waals surface area contributed by atoms with E-state index in [2.05, 4.69) is 10.2 Å². The van der Waals surface area contributed by atoms with Crippen LogP contribution >= 0.6 is 0 Å². The maximum absolute atomic E-state index is 10.8. The summed E-state index contributed by atoms with van der Waals surface area (Å²) in [5, 5.41) is 16.6. The molecule has 1 N–H and O–H groups in total. The number of fused-ring (bicyclic) bond motifs is 1. The molecule has 76 valence electrons. The molecule has 0 saturated heterocycles. The van der Waals surface area contributed by atoms with Crippen molar-refractivity contribution < 1.29 is 14.6 Å². The summed E-state index contributed by atoms with van der Waals surface area (Å²) in [6.07, 6.45) is 0. The van der Waals surface area contributed by atoms with Gasteiger partial charge in [0.15, 0.2) is 5.82 Å². The topological polar surface area (TPSA) is 77.2 Å². The normalized spacial score (nSPS) is 17.5. The Balaban J connectivity index is 2.34. The van der Waals surface area contributed by atoms with E-state index in [1.807, 2.05) is 4.57 Å². The van der Waals surface area contributed by atoms with E-state index in [9.17, 15) is 4.79 Å². The van der Waals surface area contributed by atoms with Gasteiger partial charge in [0.2, 0.25) is 0 Å². The van der Waals surface area contributed by atoms with Crippen molar-refractivity contribution in [2.75, 3.05) is 6.61 Å². The second-order valence-corrected chi connectivity index (χ2v) is 3.24. The van der Waals surface area contributed by atoms with Crippen molar-refractivity contribution in [2.45, 2.75) is 26.0 Å². The van der Waals surface area contributed by atoms with Gasteiger partial charge in [0.05, 0.1) is 6.61 Å². The van der Waals surface area contributed by atoms with Crippen LogP contribution < -0.4 is 0 Å². The van der Waals surface area contributed by atoms with Gasteiger partial charge in [0.1, 0.15) is 18.3 Å². The minimum atomic E-state index is -0.883. The summed E-state index contributed by atoms with van der Waals surface area (Å²) in [6.45, 7) is 3.24. The highest BCUT2D eigenvalue weighted by molar-refractivity contribution is 5.74. The molecule has 1 aromatic heterocycles. The lowest BCUT2D eigenvalue weighted by Gasteiger charge is -2.16. The zero-order valence-electron chi connectivity index (χ0n) is 7.80. The Labute approximate surface area is 80.5 Å². The Bertz CT molecular complexity index is 361. The molecule has 2 rings (SSSR count).